The van der Waals surface area contributed by atoms with Gasteiger partial charge in [0.15, 0.2) is 0 Å². The van der Waals surface area contributed by atoms with Gasteiger partial charge in [0.2, 0.25) is 0 Å². The highest BCUT2D eigenvalue weighted by molar-refractivity contribution is 7.90. The van der Waals surface area contributed by atoms with Gasteiger partial charge in [0.25, 0.3) is 21.6 Å². The number of sulfonamides is 1. The Hall–Kier alpha value is -5.15. The number of rotatable bonds is 12. The molecular formula is C42H45Cl2N7O6S. The number of hydrogen-bond acceptors (Lipinski definition) is 10. The third-order valence-corrected chi connectivity index (χ3v) is 13.0. The van der Waals surface area contributed by atoms with Crippen LogP contribution in [0.1, 0.15) is 61.5 Å². The number of H-pyrrole nitrogens is 1. The van der Waals surface area contributed by atoms with Gasteiger partial charge < -0.3 is 19.9 Å². The largest absolute Gasteiger partial charge is 0.454 e. The van der Waals surface area contributed by atoms with Crippen molar-refractivity contribution in [1.29, 1.82) is 0 Å². The fraction of sp³-hybridized carbons (Fsp3) is 0.333. The molecule has 7 rings (SSSR count). The van der Waals surface area contributed by atoms with E-state index >= 15 is 0 Å². The number of hydrogen-bond donors (Lipinski definition) is 3. The summed E-state index contributed by atoms with van der Waals surface area (Å²) in [5.74, 6) is -0.877. The summed E-state index contributed by atoms with van der Waals surface area (Å²) in [6, 6.07) is 17.4. The highest BCUT2D eigenvalue weighted by atomic mass is 35.5. The number of ether oxygens (including phenoxy) is 1. The lowest BCUT2D eigenvalue weighted by atomic mass is 9.72. The van der Waals surface area contributed by atoms with Crippen LogP contribution in [0.5, 0.6) is 11.5 Å². The first-order valence-electron chi connectivity index (χ1n) is 19.1. The Labute approximate surface area is 347 Å². The molecule has 5 aromatic rings. The van der Waals surface area contributed by atoms with Crippen molar-refractivity contribution < 1.29 is 22.9 Å². The van der Waals surface area contributed by atoms with Crippen molar-refractivity contribution in [2.24, 2.45) is 5.41 Å². The molecule has 13 nitrogen and oxygen atoms in total. The quantitative estimate of drug-likeness (QED) is 0.0815. The molecule has 0 spiro atoms. The number of nitro benzene ring substituents is 1. The summed E-state index contributed by atoms with van der Waals surface area (Å²) in [5.41, 5.74) is 5.28. The summed E-state index contributed by atoms with van der Waals surface area (Å²) in [6.45, 7) is 12.1. The molecule has 3 aromatic carbocycles. The van der Waals surface area contributed by atoms with E-state index in [1.807, 2.05) is 18.2 Å². The van der Waals surface area contributed by atoms with Crippen molar-refractivity contribution in [3.8, 4) is 11.5 Å². The van der Waals surface area contributed by atoms with Gasteiger partial charge in [-0.15, -0.1) is 0 Å². The molecule has 1 aliphatic heterocycles. The van der Waals surface area contributed by atoms with Crippen molar-refractivity contribution in [3.63, 3.8) is 0 Å². The zero-order chi connectivity index (χ0) is 41.4. The number of aromatic nitrogens is 2. The van der Waals surface area contributed by atoms with Gasteiger partial charge in [-0.2, -0.15) is 0 Å². The molecule has 1 aliphatic carbocycles. The van der Waals surface area contributed by atoms with E-state index in [2.05, 4.69) is 55.8 Å². The Bertz CT molecular complexity index is 2530. The van der Waals surface area contributed by atoms with E-state index in [1.165, 1.54) is 35.9 Å². The molecule has 1 amide bonds. The topological polar surface area (TPSA) is 163 Å². The van der Waals surface area contributed by atoms with Crippen molar-refractivity contribution in [2.45, 2.75) is 51.9 Å². The minimum Gasteiger partial charge on any atom is -0.454 e. The molecular weight excluding hydrogens is 801 g/mol. The van der Waals surface area contributed by atoms with Crippen molar-refractivity contribution in [2.75, 3.05) is 49.5 Å². The van der Waals surface area contributed by atoms with E-state index in [4.69, 9.17) is 27.9 Å². The van der Waals surface area contributed by atoms with Crippen molar-refractivity contribution in [1.82, 2.24) is 19.6 Å². The number of benzene rings is 3. The molecule has 3 N–H and O–H groups in total. The van der Waals surface area contributed by atoms with Crippen LogP contribution in [0.4, 0.5) is 17.1 Å². The van der Waals surface area contributed by atoms with E-state index in [9.17, 15) is 23.3 Å². The van der Waals surface area contributed by atoms with Crippen molar-refractivity contribution in [3.05, 3.63) is 115 Å². The normalized spacial score (nSPS) is 16.1. The molecule has 1 saturated heterocycles. The Kier molecular flexibility index (Phi) is 11.7. The first kappa shape index (κ1) is 41.0. The lowest BCUT2D eigenvalue weighted by Crippen LogP contribution is -2.47. The first-order chi connectivity index (χ1) is 27.6. The number of fused-ring (bicyclic) bond motifs is 1. The predicted octanol–water partition coefficient (Wildman–Crippen LogP) is 9.22. The third kappa shape index (κ3) is 8.80. The van der Waals surface area contributed by atoms with Gasteiger partial charge in [-0.3, -0.25) is 19.8 Å². The summed E-state index contributed by atoms with van der Waals surface area (Å²) >= 11 is 12.7. The van der Waals surface area contributed by atoms with Crippen molar-refractivity contribution >= 4 is 72.8 Å². The maximum atomic E-state index is 14.0. The third-order valence-electron chi connectivity index (χ3n) is 10.8. The minimum atomic E-state index is -4.62. The van der Waals surface area contributed by atoms with E-state index in [1.54, 1.807) is 31.3 Å². The second kappa shape index (κ2) is 16.6. The zero-order valence-corrected chi connectivity index (χ0v) is 35.0. The summed E-state index contributed by atoms with van der Waals surface area (Å²) in [6.07, 6.45) is 6.38. The number of nitrogens with zero attached hydrogens (tertiary/aromatic N) is 4. The Morgan fingerprint density at radius 1 is 1.05 bits per heavy atom. The highest BCUT2D eigenvalue weighted by Gasteiger charge is 2.32. The van der Waals surface area contributed by atoms with Crippen LogP contribution in [0, 0.1) is 22.5 Å². The first-order valence-corrected chi connectivity index (χ1v) is 21.3. The van der Waals surface area contributed by atoms with Crippen LogP contribution >= 0.6 is 23.2 Å². The number of allylic oxidation sites excluding steroid dienone is 1. The van der Waals surface area contributed by atoms with E-state index < -0.39 is 26.5 Å². The van der Waals surface area contributed by atoms with Gasteiger partial charge in [-0.05, 0) is 91.6 Å². The SMILES string of the molecule is CCNc1c([N+](=O)[O-])cc(C(=O)NS(=O)(=O)c2ccc(N3CCN(CC4=C(c5ccc(Cl)cc5)CC(C)(C)CC4)CC3)cc2Oc2cnc3[nH]ccc3c2)c(Cl)c1C. The minimum absolute atomic E-state index is 0.0322. The molecule has 0 unspecified atom stereocenters. The average Bonchev–Trinajstić information content (AvgIpc) is 3.66. The van der Waals surface area contributed by atoms with Gasteiger partial charge in [0.1, 0.15) is 27.7 Å². The van der Waals surface area contributed by atoms with Crippen LogP contribution in [0.25, 0.3) is 16.6 Å². The second-order valence-electron chi connectivity index (χ2n) is 15.5. The van der Waals surface area contributed by atoms with Gasteiger partial charge in [-0.25, -0.2) is 18.1 Å². The second-order valence-corrected chi connectivity index (χ2v) is 18.0. The molecule has 0 bridgehead atoms. The van der Waals surface area contributed by atoms with Crippen LogP contribution in [0.15, 0.2) is 83.5 Å². The lowest BCUT2D eigenvalue weighted by Gasteiger charge is -2.39. The van der Waals surface area contributed by atoms with Crippen LogP contribution in [-0.4, -0.2) is 73.4 Å². The molecule has 0 saturated carbocycles. The molecule has 3 heterocycles. The molecule has 2 aliphatic rings. The molecule has 2 aromatic heterocycles. The number of piperazine rings is 1. The van der Waals surface area contributed by atoms with Crippen LogP contribution < -0.4 is 19.7 Å². The Balaban J connectivity index is 1.15. The predicted molar refractivity (Wildman–Crippen MR) is 229 cm³/mol. The number of anilines is 2. The summed E-state index contributed by atoms with van der Waals surface area (Å²) < 4.78 is 36.4. The van der Waals surface area contributed by atoms with Gasteiger partial charge in [-0.1, -0.05) is 54.8 Å². The van der Waals surface area contributed by atoms with E-state index in [0.29, 0.717) is 25.3 Å². The van der Waals surface area contributed by atoms with Crippen LogP contribution in [0.3, 0.4) is 0 Å². The number of nitro groups is 1. The lowest BCUT2D eigenvalue weighted by molar-refractivity contribution is -0.384. The Morgan fingerprint density at radius 2 is 1.79 bits per heavy atom. The maximum Gasteiger partial charge on any atom is 0.293 e. The number of pyridine rings is 1. The number of amides is 1. The van der Waals surface area contributed by atoms with E-state index in [-0.39, 0.29) is 43.6 Å². The summed E-state index contributed by atoms with van der Waals surface area (Å²) in [7, 11) is -4.62. The van der Waals surface area contributed by atoms with Gasteiger partial charge in [0.05, 0.1) is 21.7 Å². The number of carbonyl (C=O) groups is 1. The van der Waals surface area contributed by atoms with Crippen LogP contribution in [-0.2, 0) is 10.0 Å². The average molecular weight is 847 g/mol. The van der Waals surface area contributed by atoms with E-state index in [0.717, 1.165) is 61.1 Å². The molecule has 58 heavy (non-hydrogen) atoms. The molecule has 0 atom stereocenters. The Morgan fingerprint density at radius 3 is 2.50 bits per heavy atom. The van der Waals surface area contributed by atoms with Gasteiger partial charge >= 0.3 is 0 Å². The maximum absolute atomic E-state index is 14.0. The number of carbonyl (C=O) groups excluding carboxylic acids is 1. The standard InChI is InChI=1S/C42H45Cl2N7O6S/c1-5-45-39-26(2)38(44)33(22-35(39)51(53)54)41(52)48-58(55,56)37-11-10-31(21-36(37)57-32-20-28-13-15-46-40(28)47-24-32)50-18-16-49(17-19-50)25-29-12-14-42(3,4)23-34(29)27-6-8-30(43)9-7-27/h6-11,13,15,20-22,24,45H,5,12,14,16-19,23,25H2,1-4H3,(H,46,47)(H,48,52). The summed E-state index contributed by atoms with van der Waals surface area (Å²) in [5, 5.41) is 16.2. The molecule has 0 radical (unpaired) electrons. The number of nitrogens with one attached hydrogen (secondary N) is 3. The molecule has 16 heteroatoms. The highest BCUT2D eigenvalue weighted by Crippen LogP contribution is 2.44. The summed E-state index contributed by atoms with van der Waals surface area (Å²) in [4.78, 5) is 36.6. The smallest absolute Gasteiger partial charge is 0.293 e. The number of aromatic amines is 1. The van der Waals surface area contributed by atoms with Gasteiger partial charge in [0, 0.05) is 73.7 Å². The van der Waals surface area contributed by atoms with Crippen LogP contribution in [0.2, 0.25) is 10.0 Å². The molecule has 1 fully saturated rings. The molecule has 304 valence electrons. The monoisotopic (exact) mass is 845 g/mol. The zero-order valence-electron chi connectivity index (χ0n) is 32.7. The fourth-order valence-corrected chi connectivity index (χ4v) is 9.15. The number of halogens is 2. The fourth-order valence-electron chi connectivity index (χ4n) is 7.71.